The second-order valence-electron chi connectivity index (χ2n) is 7.71. The van der Waals surface area contributed by atoms with E-state index in [1.54, 1.807) is 34.5 Å². The lowest BCUT2D eigenvalue weighted by atomic mass is 10.0. The predicted octanol–water partition coefficient (Wildman–Crippen LogP) is 2.28. The van der Waals surface area contributed by atoms with E-state index in [4.69, 9.17) is 4.74 Å². The molecule has 0 atom stereocenters. The third kappa shape index (κ3) is 4.18. The summed E-state index contributed by atoms with van der Waals surface area (Å²) in [7, 11) is -2.07. The van der Waals surface area contributed by atoms with E-state index < -0.39 is 10.0 Å². The van der Waals surface area contributed by atoms with Gasteiger partial charge < -0.3 is 14.5 Å². The maximum absolute atomic E-state index is 13.4. The summed E-state index contributed by atoms with van der Waals surface area (Å²) < 4.78 is 33.9. The Bertz CT molecular complexity index is 1090. The van der Waals surface area contributed by atoms with Crippen molar-refractivity contribution < 1.29 is 17.9 Å². The van der Waals surface area contributed by atoms with Crippen LogP contribution >= 0.6 is 0 Å². The van der Waals surface area contributed by atoms with Crippen LogP contribution in [-0.2, 0) is 27.8 Å². The van der Waals surface area contributed by atoms with E-state index in [9.17, 15) is 13.2 Å². The van der Waals surface area contributed by atoms with Gasteiger partial charge >= 0.3 is 0 Å². The van der Waals surface area contributed by atoms with Gasteiger partial charge in [0.1, 0.15) is 5.75 Å². The minimum atomic E-state index is -3.65. The van der Waals surface area contributed by atoms with Gasteiger partial charge in [0.15, 0.2) is 0 Å². The Morgan fingerprint density at radius 2 is 1.74 bits per heavy atom. The summed E-state index contributed by atoms with van der Waals surface area (Å²) in [4.78, 5) is 15.9. The minimum absolute atomic E-state index is 0.0895. The number of nitrogens with zero attached hydrogens (tertiary/aromatic N) is 3. The van der Waals surface area contributed by atoms with Crippen molar-refractivity contribution in [1.29, 1.82) is 0 Å². The highest BCUT2D eigenvalue weighted by molar-refractivity contribution is 7.89. The van der Waals surface area contributed by atoms with Crippen LogP contribution in [0.2, 0.25) is 0 Å². The second-order valence-corrected chi connectivity index (χ2v) is 9.65. The fourth-order valence-corrected chi connectivity index (χ4v) is 5.64. The van der Waals surface area contributed by atoms with Crippen LogP contribution in [0.5, 0.6) is 5.75 Å². The monoisotopic (exact) mass is 441 g/mol. The normalized spacial score (nSPS) is 17.2. The zero-order valence-electron chi connectivity index (χ0n) is 17.7. The van der Waals surface area contributed by atoms with E-state index in [-0.39, 0.29) is 10.8 Å². The molecule has 2 heterocycles. The molecule has 0 N–H and O–H groups in total. The van der Waals surface area contributed by atoms with Crippen molar-refractivity contribution in [1.82, 2.24) is 9.21 Å². The third-order valence-corrected chi connectivity index (χ3v) is 7.83. The number of amides is 1. The predicted molar refractivity (Wildman–Crippen MR) is 120 cm³/mol. The molecule has 0 spiro atoms. The van der Waals surface area contributed by atoms with Crippen LogP contribution < -0.4 is 9.64 Å². The van der Waals surface area contributed by atoms with Crippen LogP contribution in [-0.4, -0.2) is 63.4 Å². The Hall–Kier alpha value is -2.84. The molecule has 1 fully saturated rings. The van der Waals surface area contributed by atoms with E-state index in [1.165, 1.54) is 11.6 Å². The first-order valence-corrected chi connectivity index (χ1v) is 11.8. The molecule has 0 saturated carbocycles. The van der Waals surface area contributed by atoms with Crippen molar-refractivity contribution in [2.45, 2.75) is 17.9 Å². The van der Waals surface area contributed by atoms with E-state index >= 15 is 0 Å². The molecular formula is C23H27N3O4S. The topological polar surface area (TPSA) is 70.2 Å². The van der Waals surface area contributed by atoms with Crippen LogP contribution in [0, 0.1) is 0 Å². The Morgan fingerprint density at radius 1 is 1.03 bits per heavy atom. The summed E-state index contributed by atoms with van der Waals surface area (Å²) in [6, 6.07) is 13.0. The maximum Gasteiger partial charge on any atom is 0.246 e. The maximum atomic E-state index is 13.4. The van der Waals surface area contributed by atoms with E-state index in [1.807, 2.05) is 18.2 Å². The molecule has 8 heteroatoms. The molecule has 1 amide bonds. The highest BCUT2D eigenvalue weighted by Crippen LogP contribution is 2.34. The van der Waals surface area contributed by atoms with Crippen molar-refractivity contribution in [2.75, 3.05) is 44.7 Å². The van der Waals surface area contributed by atoms with Gasteiger partial charge in [-0.15, -0.1) is 0 Å². The summed E-state index contributed by atoms with van der Waals surface area (Å²) in [6.45, 7) is 6.67. The highest BCUT2D eigenvalue weighted by atomic mass is 32.2. The van der Waals surface area contributed by atoms with Crippen molar-refractivity contribution in [2.24, 2.45) is 0 Å². The van der Waals surface area contributed by atoms with Gasteiger partial charge in [-0.1, -0.05) is 30.8 Å². The highest BCUT2D eigenvalue weighted by Gasteiger charge is 2.30. The minimum Gasteiger partial charge on any atom is -0.495 e. The third-order valence-electron chi connectivity index (χ3n) is 5.99. The first kappa shape index (κ1) is 21.4. The Balaban J connectivity index is 1.59. The van der Waals surface area contributed by atoms with Crippen LogP contribution in [0.3, 0.4) is 0 Å². The van der Waals surface area contributed by atoms with Crippen LogP contribution in [0.15, 0.2) is 60.0 Å². The lowest BCUT2D eigenvalue weighted by molar-refractivity contribution is -0.126. The summed E-state index contributed by atoms with van der Waals surface area (Å²) in [5.41, 5.74) is 2.98. The first-order chi connectivity index (χ1) is 14.9. The van der Waals surface area contributed by atoms with Crippen molar-refractivity contribution in [3.63, 3.8) is 0 Å². The van der Waals surface area contributed by atoms with Gasteiger partial charge in [-0.25, -0.2) is 8.42 Å². The SMILES string of the molecule is C=CC(=O)N1CCN(c2cc(S(=O)(=O)N3CCc4ccccc4C3)ccc2OC)CC1. The Kier molecular flexibility index (Phi) is 6.02. The van der Waals surface area contributed by atoms with E-state index in [2.05, 4.69) is 17.5 Å². The number of sulfonamides is 1. The zero-order chi connectivity index (χ0) is 22.0. The summed E-state index contributed by atoms with van der Waals surface area (Å²) in [5.74, 6) is 0.528. The smallest absolute Gasteiger partial charge is 0.246 e. The van der Waals surface area contributed by atoms with Gasteiger partial charge in [-0.05, 0) is 41.8 Å². The van der Waals surface area contributed by atoms with Gasteiger partial charge in [-0.2, -0.15) is 4.31 Å². The fourth-order valence-electron chi connectivity index (χ4n) is 4.20. The number of fused-ring (bicyclic) bond motifs is 1. The van der Waals surface area contributed by atoms with Crippen LogP contribution in [0.4, 0.5) is 5.69 Å². The molecule has 2 aromatic carbocycles. The Labute approximate surface area is 183 Å². The molecule has 0 unspecified atom stereocenters. The fraction of sp³-hybridized carbons (Fsp3) is 0.348. The number of hydrogen-bond acceptors (Lipinski definition) is 5. The largest absolute Gasteiger partial charge is 0.495 e. The van der Waals surface area contributed by atoms with Crippen molar-refractivity contribution >= 4 is 21.6 Å². The number of piperazine rings is 1. The molecule has 164 valence electrons. The second kappa shape index (κ2) is 8.72. The number of rotatable bonds is 5. The number of benzene rings is 2. The van der Waals surface area contributed by atoms with Crippen molar-refractivity contribution in [3.05, 3.63) is 66.2 Å². The molecular weight excluding hydrogens is 414 g/mol. The van der Waals surface area contributed by atoms with Gasteiger partial charge in [0.2, 0.25) is 15.9 Å². The van der Waals surface area contributed by atoms with Gasteiger partial charge in [0, 0.05) is 39.3 Å². The molecule has 4 rings (SSSR count). The number of carbonyl (C=O) groups excluding carboxylic acids is 1. The molecule has 31 heavy (non-hydrogen) atoms. The molecule has 0 radical (unpaired) electrons. The van der Waals surface area contributed by atoms with Gasteiger partial charge in [0.05, 0.1) is 17.7 Å². The number of carbonyl (C=O) groups is 1. The number of methoxy groups -OCH3 is 1. The molecule has 2 aromatic rings. The number of ether oxygens (including phenoxy) is 1. The quantitative estimate of drug-likeness (QED) is 0.666. The summed E-state index contributed by atoms with van der Waals surface area (Å²) >= 11 is 0. The number of anilines is 1. The average Bonchev–Trinajstić information content (AvgIpc) is 2.82. The molecule has 0 aromatic heterocycles. The Morgan fingerprint density at radius 3 is 2.42 bits per heavy atom. The molecule has 0 bridgehead atoms. The molecule has 2 aliphatic rings. The average molecular weight is 442 g/mol. The molecule has 2 aliphatic heterocycles. The lowest BCUT2D eigenvalue weighted by Crippen LogP contribution is -2.48. The standard InChI is InChI=1S/C23H27N3O4S/c1-3-23(27)25-14-12-24(13-15-25)21-16-20(8-9-22(21)30-2)31(28,29)26-11-10-18-6-4-5-7-19(18)17-26/h3-9,16H,1,10-15,17H2,2H3. The van der Waals surface area contributed by atoms with E-state index in [0.717, 1.165) is 11.3 Å². The summed E-state index contributed by atoms with van der Waals surface area (Å²) in [6.07, 6.45) is 2.03. The molecule has 7 nitrogen and oxygen atoms in total. The zero-order valence-corrected chi connectivity index (χ0v) is 18.5. The molecule has 0 aliphatic carbocycles. The number of hydrogen-bond donors (Lipinski definition) is 0. The van der Waals surface area contributed by atoms with Crippen molar-refractivity contribution in [3.8, 4) is 5.75 Å². The van der Waals surface area contributed by atoms with Gasteiger partial charge in [0.25, 0.3) is 0 Å². The summed E-state index contributed by atoms with van der Waals surface area (Å²) in [5, 5.41) is 0. The van der Waals surface area contributed by atoms with Crippen LogP contribution in [0.1, 0.15) is 11.1 Å². The lowest BCUT2D eigenvalue weighted by Gasteiger charge is -2.36. The van der Waals surface area contributed by atoms with Gasteiger partial charge in [-0.3, -0.25) is 4.79 Å². The first-order valence-electron chi connectivity index (χ1n) is 10.4. The molecule has 1 saturated heterocycles. The van der Waals surface area contributed by atoms with Crippen LogP contribution in [0.25, 0.3) is 0 Å². The van der Waals surface area contributed by atoms with E-state index in [0.29, 0.717) is 51.4 Å².